The van der Waals surface area contributed by atoms with E-state index in [1.807, 2.05) is 43.3 Å². The van der Waals surface area contributed by atoms with Gasteiger partial charge in [-0.05, 0) is 13.0 Å². The van der Waals surface area contributed by atoms with Gasteiger partial charge in [0.1, 0.15) is 5.76 Å². The molecule has 0 amide bonds. The van der Waals surface area contributed by atoms with E-state index >= 15 is 0 Å². The fraction of sp³-hybridized carbons (Fsp3) is 0.200. The van der Waals surface area contributed by atoms with Gasteiger partial charge < -0.3 is 4.74 Å². The lowest BCUT2D eigenvalue weighted by Crippen LogP contribution is -1.84. The van der Waals surface area contributed by atoms with E-state index < -0.39 is 0 Å². The Morgan fingerprint density at radius 1 is 1.27 bits per heavy atom. The van der Waals surface area contributed by atoms with Gasteiger partial charge in [0, 0.05) is 5.56 Å². The van der Waals surface area contributed by atoms with Gasteiger partial charge in [-0.15, -0.1) is 0 Å². The minimum Gasteiger partial charge on any atom is -0.496 e. The Bertz CT molecular complexity index is 236. The van der Waals surface area contributed by atoms with Crippen LogP contribution in [0.3, 0.4) is 0 Å². The monoisotopic (exact) mass is 148 g/mol. The fourth-order valence-electron chi connectivity index (χ4n) is 1.00. The van der Waals surface area contributed by atoms with E-state index in [9.17, 15) is 0 Å². The zero-order chi connectivity index (χ0) is 8.10. The standard InChI is InChI=1S/C10H12O/c1-3-10(11-2)9-7-5-4-6-8-9/h3-8H,1-2H3/b10-3+. The van der Waals surface area contributed by atoms with Gasteiger partial charge in [0.25, 0.3) is 0 Å². The summed E-state index contributed by atoms with van der Waals surface area (Å²) in [5, 5.41) is 0. The van der Waals surface area contributed by atoms with Crippen LogP contribution in [0.25, 0.3) is 5.76 Å². The molecule has 0 aromatic heterocycles. The molecule has 1 aromatic carbocycles. The van der Waals surface area contributed by atoms with Crippen molar-refractivity contribution in [2.45, 2.75) is 6.92 Å². The molecule has 1 aromatic rings. The molecule has 11 heavy (non-hydrogen) atoms. The van der Waals surface area contributed by atoms with E-state index in [1.165, 1.54) is 0 Å². The van der Waals surface area contributed by atoms with Crippen LogP contribution in [0.1, 0.15) is 12.5 Å². The molecule has 0 aliphatic heterocycles. The Morgan fingerprint density at radius 2 is 1.91 bits per heavy atom. The molecule has 0 aliphatic carbocycles. The highest BCUT2D eigenvalue weighted by Gasteiger charge is 1.95. The fourth-order valence-corrected chi connectivity index (χ4v) is 1.00. The molecular weight excluding hydrogens is 136 g/mol. The van der Waals surface area contributed by atoms with Crippen LogP contribution >= 0.6 is 0 Å². The summed E-state index contributed by atoms with van der Waals surface area (Å²) in [5.74, 6) is 0.922. The van der Waals surface area contributed by atoms with Crippen molar-refractivity contribution in [1.82, 2.24) is 0 Å². The number of hydrogen-bond acceptors (Lipinski definition) is 1. The van der Waals surface area contributed by atoms with Crippen molar-refractivity contribution < 1.29 is 4.74 Å². The summed E-state index contributed by atoms with van der Waals surface area (Å²) in [4.78, 5) is 0. The number of hydrogen-bond donors (Lipinski definition) is 0. The lowest BCUT2D eigenvalue weighted by molar-refractivity contribution is 0.369. The van der Waals surface area contributed by atoms with Crippen LogP contribution in [-0.2, 0) is 4.74 Å². The molecule has 0 heterocycles. The molecule has 0 saturated carbocycles. The molecule has 0 unspecified atom stereocenters. The van der Waals surface area contributed by atoms with E-state index in [1.54, 1.807) is 7.11 Å². The van der Waals surface area contributed by atoms with Crippen molar-refractivity contribution in [2.24, 2.45) is 0 Å². The lowest BCUT2D eigenvalue weighted by atomic mass is 10.2. The Balaban J connectivity index is 2.92. The maximum Gasteiger partial charge on any atom is 0.121 e. The second-order valence-corrected chi connectivity index (χ2v) is 2.22. The van der Waals surface area contributed by atoms with Gasteiger partial charge in [0.2, 0.25) is 0 Å². The molecule has 0 radical (unpaired) electrons. The number of ether oxygens (including phenoxy) is 1. The number of methoxy groups -OCH3 is 1. The smallest absolute Gasteiger partial charge is 0.121 e. The van der Waals surface area contributed by atoms with Crippen molar-refractivity contribution >= 4 is 5.76 Å². The van der Waals surface area contributed by atoms with Crippen LogP contribution < -0.4 is 0 Å². The largest absolute Gasteiger partial charge is 0.496 e. The molecule has 0 N–H and O–H groups in total. The van der Waals surface area contributed by atoms with Gasteiger partial charge in [-0.2, -0.15) is 0 Å². The van der Waals surface area contributed by atoms with Crippen LogP contribution in [-0.4, -0.2) is 7.11 Å². The SMILES string of the molecule is C/C=C(/OC)c1ccccc1. The first-order chi connectivity index (χ1) is 5.38. The Hall–Kier alpha value is -1.24. The third kappa shape index (κ3) is 1.84. The van der Waals surface area contributed by atoms with E-state index in [0.717, 1.165) is 11.3 Å². The summed E-state index contributed by atoms with van der Waals surface area (Å²) in [6, 6.07) is 10.0. The molecule has 58 valence electrons. The van der Waals surface area contributed by atoms with E-state index in [2.05, 4.69) is 0 Å². The predicted molar refractivity (Wildman–Crippen MR) is 47.1 cm³/mol. The van der Waals surface area contributed by atoms with Gasteiger partial charge in [0.15, 0.2) is 0 Å². The van der Waals surface area contributed by atoms with Crippen LogP contribution in [0.15, 0.2) is 36.4 Å². The first-order valence-electron chi connectivity index (χ1n) is 3.64. The summed E-state index contributed by atoms with van der Waals surface area (Å²) < 4.78 is 5.15. The van der Waals surface area contributed by atoms with Gasteiger partial charge in [-0.25, -0.2) is 0 Å². The highest BCUT2D eigenvalue weighted by molar-refractivity contribution is 5.58. The highest BCUT2D eigenvalue weighted by Crippen LogP contribution is 2.13. The second-order valence-electron chi connectivity index (χ2n) is 2.22. The van der Waals surface area contributed by atoms with Crippen LogP contribution in [0.5, 0.6) is 0 Å². The third-order valence-electron chi connectivity index (χ3n) is 1.54. The van der Waals surface area contributed by atoms with Crippen molar-refractivity contribution in [3.05, 3.63) is 42.0 Å². The molecule has 1 nitrogen and oxygen atoms in total. The summed E-state index contributed by atoms with van der Waals surface area (Å²) in [5.41, 5.74) is 1.12. The molecule has 0 spiro atoms. The van der Waals surface area contributed by atoms with Crippen molar-refractivity contribution in [3.63, 3.8) is 0 Å². The molecular formula is C10H12O. The van der Waals surface area contributed by atoms with E-state index in [0.29, 0.717) is 0 Å². The summed E-state index contributed by atoms with van der Waals surface area (Å²) in [6.07, 6.45) is 1.95. The first kappa shape index (κ1) is 7.86. The number of allylic oxidation sites excluding steroid dienone is 1. The zero-order valence-corrected chi connectivity index (χ0v) is 6.87. The van der Waals surface area contributed by atoms with Crippen LogP contribution in [0, 0.1) is 0 Å². The van der Waals surface area contributed by atoms with Crippen molar-refractivity contribution in [2.75, 3.05) is 7.11 Å². The maximum atomic E-state index is 5.15. The number of rotatable bonds is 2. The molecule has 0 atom stereocenters. The Kier molecular flexibility index (Phi) is 2.73. The van der Waals surface area contributed by atoms with Gasteiger partial charge in [0.05, 0.1) is 7.11 Å². The topological polar surface area (TPSA) is 9.23 Å². The second kappa shape index (κ2) is 3.81. The molecule has 1 heteroatoms. The van der Waals surface area contributed by atoms with Crippen LogP contribution in [0.4, 0.5) is 0 Å². The maximum absolute atomic E-state index is 5.15. The van der Waals surface area contributed by atoms with Crippen LogP contribution in [0.2, 0.25) is 0 Å². The molecule has 0 saturated heterocycles. The minimum absolute atomic E-state index is 0.922. The van der Waals surface area contributed by atoms with Gasteiger partial charge in [-0.1, -0.05) is 30.3 Å². The summed E-state index contributed by atoms with van der Waals surface area (Å²) in [7, 11) is 1.68. The predicted octanol–water partition coefficient (Wildman–Crippen LogP) is 2.69. The molecule has 0 bridgehead atoms. The normalized spacial score (nSPS) is 11.3. The van der Waals surface area contributed by atoms with Crippen molar-refractivity contribution in [1.29, 1.82) is 0 Å². The number of benzene rings is 1. The van der Waals surface area contributed by atoms with Gasteiger partial charge in [-0.3, -0.25) is 0 Å². The van der Waals surface area contributed by atoms with Gasteiger partial charge >= 0.3 is 0 Å². The summed E-state index contributed by atoms with van der Waals surface area (Å²) in [6.45, 7) is 1.96. The first-order valence-corrected chi connectivity index (χ1v) is 3.64. The van der Waals surface area contributed by atoms with Crippen molar-refractivity contribution in [3.8, 4) is 0 Å². The zero-order valence-electron chi connectivity index (χ0n) is 6.87. The minimum atomic E-state index is 0.922. The Morgan fingerprint density at radius 3 is 2.36 bits per heavy atom. The molecule has 0 fully saturated rings. The van der Waals surface area contributed by atoms with E-state index in [-0.39, 0.29) is 0 Å². The quantitative estimate of drug-likeness (QED) is 0.586. The Labute approximate surface area is 67.3 Å². The third-order valence-corrected chi connectivity index (χ3v) is 1.54. The average molecular weight is 148 g/mol. The summed E-state index contributed by atoms with van der Waals surface area (Å²) >= 11 is 0. The molecule has 0 aliphatic rings. The lowest BCUT2D eigenvalue weighted by Gasteiger charge is -2.03. The average Bonchev–Trinajstić information content (AvgIpc) is 2.09. The van der Waals surface area contributed by atoms with E-state index in [4.69, 9.17) is 4.74 Å². The molecule has 1 rings (SSSR count). The highest BCUT2D eigenvalue weighted by atomic mass is 16.5.